The predicted molar refractivity (Wildman–Crippen MR) is 118 cm³/mol. The van der Waals surface area contributed by atoms with E-state index in [1.165, 1.54) is 25.9 Å². The van der Waals surface area contributed by atoms with Gasteiger partial charge in [-0.25, -0.2) is 14.2 Å². The number of hydrogen-bond donors (Lipinski definition) is 1. The van der Waals surface area contributed by atoms with Crippen LogP contribution in [-0.4, -0.2) is 23.9 Å². The van der Waals surface area contributed by atoms with Crippen molar-refractivity contribution in [2.45, 2.75) is 19.4 Å². The minimum Gasteiger partial charge on any atom is -0.482 e. The van der Waals surface area contributed by atoms with Crippen molar-refractivity contribution in [3.63, 3.8) is 0 Å². The molecule has 33 heavy (non-hydrogen) atoms. The highest BCUT2D eigenvalue weighted by Crippen LogP contribution is 2.36. The van der Waals surface area contributed by atoms with Gasteiger partial charge in [0.15, 0.2) is 11.6 Å². The molecule has 0 fully saturated rings. The number of halogens is 1. The second-order valence-electron chi connectivity index (χ2n) is 8.00. The molecule has 1 aromatic carbocycles. The van der Waals surface area contributed by atoms with Crippen LogP contribution in [0.4, 0.5) is 10.2 Å². The fourth-order valence-electron chi connectivity index (χ4n) is 4.30. The third-order valence-corrected chi connectivity index (χ3v) is 5.84. The number of imidazole rings is 1. The summed E-state index contributed by atoms with van der Waals surface area (Å²) in [6, 6.07) is 8.11. The summed E-state index contributed by atoms with van der Waals surface area (Å²) in [6.45, 7) is 1.75. The number of fused-ring (bicyclic) bond motifs is 7. The highest BCUT2D eigenvalue weighted by atomic mass is 19.1. The summed E-state index contributed by atoms with van der Waals surface area (Å²) in [6.07, 6.45) is 2.88. The van der Waals surface area contributed by atoms with Crippen LogP contribution in [0, 0.1) is 17.1 Å². The van der Waals surface area contributed by atoms with Gasteiger partial charge in [0.2, 0.25) is 0 Å². The van der Waals surface area contributed by atoms with Crippen LogP contribution in [0.15, 0.2) is 41.5 Å². The first-order valence-corrected chi connectivity index (χ1v) is 10.2. The van der Waals surface area contributed by atoms with Crippen LogP contribution >= 0.6 is 0 Å². The summed E-state index contributed by atoms with van der Waals surface area (Å²) in [5, 5.41) is 14.4. The van der Waals surface area contributed by atoms with Crippen molar-refractivity contribution in [1.82, 2.24) is 23.9 Å². The molecule has 166 valence electrons. The number of ether oxygens (including phenoxy) is 1. The number of nitrogens with zero attached hydrogens (tertiary/aromatic N) is 6. The van der Waals surface area contributed by atoms with E-state index in [9.17, 15) is 14.4 Å². The fraction of sp³-hybridized carbons (Fsp3) is 0.217. The summed E-state index contributed by atoms with van der Waals surface area (Å²) in [5.41, 5.74) is 9.52. The van der Waals surface area contributed by atoms with Gasteiger partial charge in [0, 0.05) is 49.6 Å². The number of nitrogen functional groups attached to an aromatic ring is 1. The Labute approximate surface area is 188 Å². The zero-order chi connectivity index (χ0) is 23.4. The van der Waals surface area contributed by atoms with E-state index in [4.69, 9.17) is 10.5 Å². The molecule has 4 aromatic rings. The van der Waals surface area contributed by atoms with E-state index in [0.29, 0.717) is 39.5 Å². The Morgan fingerprint density at radius 3 is 2.85 bits per heavy atom. The second kappa shape index (κ2) is 7.34. The number of rotatable bonds is 0. The average molecular weight is 445 g/mol. The zero-order valence-corrected chi connectivity index (χ0v) is 18.2. The molecule has 0 aliphatic carbocycles. The number of aromatic nitrogens is 5. The van der Waals surface area contributed by atoms with E-state index < -0.39 is 11.9 Å². The highest BCUT2D eigenvalue weighted by Gasteiger charge is 2.26. The van der Waals surface area contributed by atoms with Crippen LogP contribution in [0.25, 0.3) is 16.8 Å². The van der Waals surface area contributed by atoms with E-state index in [1.54, 1.807) is 45.5 Å². The van der Waals surface area contributed by atoms with Gasteiger partial charge in [0.1, 0.15) is 23.7 Å². The highest BCUT2D eigenvalue weighted by molar-refractivity contribution is 5.74. The molecule has 0 spiro atoms. The van der Waals surface area contributed by atoms with Crippen molar-refractivity contribution in [3.05, 3.63) is 75.6 Å². The average Bonchev–Trinajstić information content (AvgIpc) is 3.24. The number of aryl methyl sites for hydroxylation is 2. The number of anilines is 1. The maximum Gasteiger partial charge on any atom is 0.332 e. The lowest BCUT2D eigenvalue weighted by Crippen LogP contribution is -2.24. The SMILES string of the molecule is C[C@H]1Oc2cc(cnc2N)-c2c(nn(C)c2C#N)Cc2cn(C)c(=O)n2-c2ccc(F)cc21. The Bertz CT molecular complexity index is 1520. The van der Waals surface area contributed by atoms with Crippen LogP contribution in [0.3, 0.4) is 0 Å². The molecule has 3 aromatic heterocycles. The standard InChI is InChI=1S/C23H20FN7O2/c1-12-16-7-14(24)4-5-18(16)31-15(11-29(2)23(31)32)8-17-21(19(9-25)30(3)28-17)13-6-20(33-12)22(26)27-10-13/h4-7,10-12H,8H2,1-3H3,(H2,26,27)/t12-/m1/s1. The van der Waals surface area contributed by atoms with Crippen molar-refractivity contribution >= 4 is 5.82 Å². The van der Waals surface area contributed by atoms with Gasteiger partial charge in [-0.2, -0.15) is 10.4 Å². The molecule has 1 aliphatic heterocycles. The van der Waals surface area contributed by atoms with Crippen molar-refractivity contribution in [2.75, 3.05) is 5.73 Å². The first-order chi connectivity index (χ1) is 15.8. The lowest BCUT2D eigenvalue weighted by atomic mass is 10.0. The first-order valence-electron chi connectivity index (χ1n) is 10.2. The Hall–Kier alpha value is -4.39. The first kappa shape index (κ1) is 20.5. The monoisotopic (exact) mass is 445 g/mol. The van der Waals surface area contributed by atoms with Gasteiger partial charge in [-0.15, -0.1) is 0 Å². The number of benzene rings is 1. The minimum absolute atomic E-state index is 0.155. The molecule has 0 unspecified atom stereocenters. The quantitative estimate of drug-likeness (QED) is 0.445. The fourth-order valence-corrected chi connectivity index (χ4v) is 4.30. The zero-order valence-electron chi connectivity index (χ0n) is 18.2. The molecule has 0 saturated heterocycles. The van der Waals surface area contributed by atoms with Gasteiger partial charge in [-0.1, -0.05) is 0 Å². The third kappa shape index (κ3) is 3.17. The van der Waals surface area contributed by atoms with Crippen molar-refractivity contribution in [3.8, 4) is 28.6 Å². The number of pyridine rings is 1. The maximum absolute atomic E-state index is 14.3. The number of nitriles is 1. The van der Waals surface area contributed by atoms with E-state index in [2.05, 4.69) is 16.2 Å². The van der Waals surface area contributed by atoms with E-state index >= 15 is 0 Å². The van der Waals surface area contributed by atoms with Gasteiger partial charge in [0.05, 0.1) is 17.1 Å². The largest absolute Gasteiger partial charge is 0.482 e. The molecule has 2 N–H and O–H groups in total. The van der Waals surface area contributed by atoms with Crippen LogP contribution in [0.1, 0.15) is 35.7 Å². The summed E-state index contributed by atoms with van der Waals surface area (Å²) < 4.78 is 24.9. The normalized spacial score (nSPS) is 14.7. The summed E-state index contributed by atoms with van der Waals surface area (Å²) in [7, 11) is 3.33. The molecule has 0 saturated carbocycles. The second-order valence-corrected chi connectivity index (χ2v) is 8.00. The van der Waals surface area contributed by atoms with E-state index in [-0.39, 0.29) is 23.7 Å². The maximum atomic E-state index is 14.3. The number of nitrogens with two attached hydrogens (primary N) is 1. The van der Waals surface area contributed by atoms with Crippen molar-refractivity contribution < 1.29 is 9.13 Å². The summed E-state index contributed by atoms with van der Waals surface area (Å²) in [4.78, 5) is 17.4. The van der Waals surface area contributed by atoms with Gasteiger partial charge in [0.25, 0.3) is 0 Å². The lowest BCUT2D eigenvalue weighted by Gasteiger charge is -2.21. The lowest BCUT2D eigenvalue weighted by molar-refractivity contribution is 0.227. The molecule has 1 aliphatic rings. The molecule has 5 rings (SSSR count). The topological polar surface area (TPSA) is 117 Å². The van der Waals surface area contributed by atoms with Crippen molar-refractivity contribution in [2.24, 2.45) is 14.1 Å². The molecular formula is C23H20FN7O2. The smallest absolute Gasteiger partial charge is 0.332 e. The third-order valence-electron chi connectivity index (χ3n) is 5.84. The number of hydrogen-bond acceptors (Lipinski definition) is 6. The van der Waals surface area contributed by atoms with Crippen LogP contribution in [0.2, 0.25) is 0 Å². The van der Waals surface area contributed by atoms with E-state index in [0.717, 1.165) is 0 Å². The van der Waals surface area contributed by atoms with Crippen LogP contribution in [-0.2, 0) is 20.5 Å². The Morgan fingerprint density at radius 2 is 2.09 bits per heavy atom. The molecule has 10 heteroatoms. The summed E-state index contributed by atoms with van der Waals surface area (Å²) >= 11 is 0. The van der Waals surface area contributed by atoms with Gasteiger partial charge >= 0.3 is 5.69 Å². The Morgan fingerprint density at radius 1 is 1.30 bits per heavy atom. The minimum atomic E-state index is -0.654. The van der Waals surface area contributed by atoms with Gasteiger partial charge < -0.3 is 15.0 Å². The Kier molecular flexibility index (Phi) is 4.56. The van der Waals surface area contributed by atoms with Crippen LogP contribution < -0.4 is 16.2 Å². The molecule has 9 nitrogen and oxygen atoms in total. The molecule has 1 atom stereocenters. The van der Waals surface area contributed by atoms with Gasteiger partial charge in [-0.05, 0) is 31.2 Å². The molecule has 0 radical (unpaired) electrons. The van der Waals surface area contributed by atoms with E-state index in [1.807, 2.05) is 0 Å². The van der Waals surface area contributed by atoms with Crippen molar-refractivity contribution in [1.29, 1.82) is 5.26 Å². The van der Waals surface area contributed by atoms with Crippen LogP contribution in [0.5, 0.6) is 5.75 Å². The molecule has 4 heterocycles. The summed E-state index contributed by atoms with van der Waals surface area (Å²) in [5.74, 6) is -0.00965. The molecule has 2 bridgehead atoms. The molecule has 0 amide bonds. The Balaban J connectivity index is 1.88. The van der Waals surface area contributed by atoms with Gasteiger partial charge in [-0.3, -0.25) is 9.25 Å². The predicted octanol–water partition coefficient (Wildman–Crippen LogP) is 2.61. The molecular weight excluding hydrogens is 425 g/mol.